The topological polar surface area (TPSA) is 76.1 Å². The Morgan fingerprint density at radius 2 is 1.90 bits per heavy atom. The third-order valence-electron chi connectivity index (χ3n) is 2.49. The molecule has 0 unspecified atom stereocenters. The van der Waals surface area contributed by atoms with Crippen LogP contribution in [0.5, 0.6) is 0 Å². The molecule has 7 heteroatoms. The number of hydrogen-bond acceptors (Lipinski definition) is 4. The largest absolute Gasteiger partial charge is 0.319 e. The number of benzene rings is 1. The number of pyridine rings is 1. The predicted molar refractivity (Wildman–Crippen MR) is 79.4 cm³/mol. The quantitative estimate of drug-likeness (QED) is 0.918. The summed E-state index contributed by atoms with van der Waals surface area (Å²) in [5.41, 5.74) is 0.446. The summed E-state index contributed by atoms with van der Waals surface area (Å²) in [6, 6.07) is 9.46. The predicted octanol–water partition coefficient (Wildman–Crippen LogP) is 2.50. The first kappa shape index (κ1) is 14.7. The first-order chi connectivity index (χ1) is 9.38. The monoisotopic (exact) mass is 354 g/mol. The molecule has 0 aliphatic heterocycles. The minimum absolute atomic E-state index is 0.0745. The van der Waals surface area contributed by atoms with E-state index < -0.39 is 15.7 Å². The zero-order valence-electron chi connectivity index (χ0n) is 10.5. The lowest BCUT2D eigenvalue weighted by molar-refractivity contribution is 0.102. The van der Waals surface area contributed by atoms with E-state index in [0.29, 0.717) is 0 Å². The Kier molecular flexibility index (Phi) is 4.20. The average Bonchev–Trinajstić information content (AvgIpc) is 2.38. The lowest BCUT2D eigenvalue weighted by Gasteiger charge is -2.09. The molecule has 0 fully saturated rings. The van der Waals surface area contributed by atoms with Gasteiger partial charge in [-0.2, -0.15) is 0 Å². The van der Waals surface area contributed by atoms with Crippen molar-refractivity contribution in [3.8, 4) is 0 Å². The van der Waals surface area contributed by atoms with Gasteiger partial charge in [-0.3, -0.25) is 4.79 Å². The average molecular weight is 355 g/mol. The summed E-state index contributed by atoms with van der Waals surface area (Å²) in [6.45, 7) is 0. The highest BCUT2D eigenvalue weighted by atomic mass is 79.9. The Hall–Kier alpha value is -1.73. The van der Waals surface area contributed by atoms with E-state index in [9.17, 15) is 13.2 Å². The van der Waals surface area contributed by atoms with Crippen molar-refractivity contribution in [3.63, 3.8) is 0 Å². The molecule has 0 spiro atoms. The van der Waals surface area contributed by atoms with Crippen LogP contribution in [0.4, 0.5) is 5.69 Å². The molecule has 5 nitrogen and oxygen atoms in total. The molecule has 1 aromatic carbocycles. The van der Waals surface area contributed by atoms with Gasteiger partial charge in [0.2, 0.25) is 0 Å². The van der Waals surface area contributed by atoms with Crippen LogP contribution >= 0.6 is 15.9 Å². The van der Waals surface area contributed by atoms with Crippen LogP contribution in [0.2, 0.25) is 0 Å². The van der Waals surface area contributed by atoms with E-state index in [1.54, 1.807) is 24.3 Å². The van der Waals surface area contributed by atoms with Crippen LogP contribution in [0.25, 0.3) is 0 Å². The number of hydrogen-bond donors (Lipinski definition) is 1. The number of nitrogens with one attached hydrogen (secondary N) is 1. The molecule has 1 aromatic heterocycles. The number of nitrogens with zero attached hydrogens (tertiary/aromatic N) is 1. The molecule has 0 aliphatic carbocycles. The number of amides is 1. The molecule has 1 N–H and O–H groups in total. The van der Waals surface area contributed by atoms with E-state index in [2.05, 4.69) is 26.2 Å². The van der Waals surface area contributed by atoms with E-state index in [4.69, 9.17) is 0 Å². The molecule has 0 radical (unpaired) electrons. The Morgan fingerprint density at radius 1 is 1.20 bits per heavy atom. The molecule has 0 aliphatic rings. The van der Waals surface area contributed by atoms with E-state index in [1.807, 2.05) is 0 Å². The Morgan fingerprint density at radius 3 is 2.50 bits per heavy atom. The van der Waals surface area contributed by atoms with Crippen molar-refractivity contribution in [2.75, 3.05) is 11.6 Å². The standard InChI is InChI=1S/C13H11BrN2O3S/c1-20(18,19)12-5-3-2-4-10(12)16-13(17)11-7-6-9(14)8-15-11/h2-8H,1H3,(H,16,17). The van der Waals surface area contributed by atoms with Crippen molar-refractivity contribution in [3.05, 3.63) is 52.8 Å². The number of halogens is 1. The molecule has 2 rings (SSSR count). The minimum Gasteiger partial charge on any atom is -0.319 e. The van der Waals surface area contributed by atoms with Gasteiger partial charge < -0.3 is 5.32 Å². The van der Waals surface area contributed by atoms with Crippen LogP contribution in [0.15, 0.2) is 52.0 Å². The summed E-state index contributed by atoms with van der Waals surface area (Å²) in [6.07, 6.45) is 2.59. The fraction of sp³-hybridized carbons (Fsp3) is 0.0769. The Balaban J connectivity index is 2.31. The molecule has 0 saturated carbocycles. The molecule has 0 saturated heterocycles. The van der Waals surface area contributed by atoms with Crippen LogP contribution in [0.1, 0.15) is 10.5 Å². The molecule has 104 valence electrons. The maximum absolute atomic E-state index is 12.0. The smallest absolute Gasteiger partial charge is 0.274 e. The number of carbonyl (C=O) groups is 1. The van der Waals surface area contributed by atoms with Gasteiger partial charge in [0.1, 0.15) is 5.69 Å². The van der Waals surface area contributed by atoms with Crippen LogP contribution < -0.4 is 5.32 Å². The highest BCUT2D eigenvalue weighted by Crippen LogP contribution is 2.21. The highest BCUT2D eigenvalue weighted by Gasteiger charge is 2.15. The molecule has 0 bridgehead atoms. The number of anilines is 1. The minimum atomic E-state index is -3.41. The van der Waals surface area contributed by atoms with E-state index in [1.165, 1.54) is 18.3 Å². The van der Waals surface area contributed by atoms with E-state index in [0.717, 1.165) is 10.7 Å². The second-order valence-corrected chi connectivity index (χ2v) is 6.98. The molecular weight excluding hydrogens is 344 g/mol. The number of carbonyl (C=O) groups excluding carboxylic acids is 1. The summed E-state index contributed by atoms with van der Waals surface area (Å²) >= 11 is 3.23. The first-order valence-corrected chi connectivity index (χ1v) is 8.28. The fourth-order valence-corrected chi connectivity index (χ4v) is 2.67. The fourth-order valence-electron chi connectivity index (χ4n) is 1.59. The summed E-state index contributed by atoms with van der Waals surface area (Å²) < 4.78 is 24.0. The van der Waals surface area contributed by atoms with Crippen LogP contribution in [0.3, 0.4) is 0 Å². The van der Waals surface area contributed by atoms with E-state index in [-0.39, 0.29) is 16.3 Å². The lowest BCUT2D eigenvalue weighted by atomic mass is 10.3. The van der Waals surface area contributed by atoms with Gasteiger partial charge in [0, 0.05) is 16.9 Å². The third kappa shape index (κ3) is 3.43. The molecule has 20 heavy (non-hydrogen) atoms. The zero-order chi connectivity index (χ0) is 14.8. The second kappa shape index (κ2) is 5.72. The molecule has 2 aromatic rings. The van der Waals surface area contributed by atoms with Crippen molar-refractivity contribution in [2.24, 2.45) is 0 Å². The number of rotatable bonds is 3. The maximum atomic E-state index is 12.0. The van der Waals surface area contributed by atoms with Gasteiger partial charge in [-0.05, 0) is 40.2 Å². The van der Waals surface area contributed by atoms with Gasteiger partial charge >= 0.3 is 0 Å². The highest BCUT2D eigenvalue weighted by molar-refractivity contribution is 9.10. The van der Waals surface area contributed by atoms with E-state index >= 15 is 0 Å². The van der Waals surface area contributed by atoms with Gasteiger partial charge in [0.05, 0.1) is 10.6 Å². The third-order valence-corrected chi connectivity index (χ3v) is 4.12. The van der Waals surface area contributed by atoms with Crippen LogP contribution in [0, 0.1) is 0 Å². The lowest BCUT2D eigenvalue weighted by Crippen LogP contribution is -2.15. The van der Waals surface area contributed by atoms with Gasteiger partial charge in [0.15, 0.2) is 9.84 Å². The normalized spacial score (nSPS) is 11.1. The van der Waals surface area contributed by atoms with Gasteiger partial charge in [-0.25, -0.2) is 13.4 Å². The van der Waals surface area contributed by atoms with Crippen molar-refractivity contribution < 1.29 is 13.2 Å². The van der Waals surface area contributed by atoms with Gasteiger partial charge in [0.25, 0.3) is 5.91 Å². The molecule has 1 amide bonds. The van der Waals surface area contributed by atoms with Crippen molar-refractivity contribution in [1.29, 1.82) is 0 Å². The second-order valence-electron chi connectivity index (χ2n) is 4.08. The molecular formula is C13H11BrN2O3S. The van der Waals surface area contributed by atoms with Crippen molar-refractivity contribution in [1.82, 2.24) is 4.98 Å². The molecule has 0 atom stereocenters. The SMILES string of the molecule is CS(=O)(=O)c1ccccc1NC(=O)c1ccc(Br)cn1. The summed E-state index contributed by atoms with van der Waals surface area (Å²) in [7, 11) is -3.41. The molecule has 1 heterocycles. The zero-order valence-corrected chi connectivity index (χ0v) is 12.9. The van der Waals surface area contributed by atoms with Gasteiger partial charge in [-0.15, -0.1) is 0 Å². The summed E-state index contributed by atoms with van der Waals surface area (Å²) in [4.78, 5) is 16.1. The summed E-state index contributed by atoms with van der Waals surface area (Å²) in [5.74, 6) is -0.464. The number of aromatic nitrogens is 1. The van der Waals surface area contributed by atoms with Crippen molar-refractivity contribution in [2.45, 2.75) is 4.90 Å². The van der Waals surface area contributed by atoms with Gasteiger partial charge in [-0.1, -0.05) is 12.1 Å². The maximum Gasteiger partial charge on any atom is 0.274 e. The number of sulfone groups is 1. The van der Waals surface area contributed by atoms with Crippen molar-refractivity contribution >= 4 is 37.4 Å². The summed E-state index contributed by atoms with van der Waals surface area (Å²) in [5, 5.41) is 2.56. The first-order valence-electron chi connectivity index (χ1n) is 5.60. The van der Waals surface area contributed by atoms with Crippen LogP contribution in [-0.2, 0) is 9.84 Å². The Labute approximate surface area is 125 Å². The Bertz CT molecular complexity index is 742. The van der Waals surface area contributed by atoms with Crippen LogP contribution in [-0.4, -0.2) is 25.6 Å². The number of para-hydroxylation sites is 1.